The lowest BCUT2D eigenvalue weighted by Crippen LogP contribution is -2.21. The number of halogens is 3. The SMILES string of the molecule is CCC/C=C(\C=C(\C1=CC=CCC1)N(C)c1ccc(C(C)C)cc1)C(F)(F)F. The molecule has 1 aliphatic carbocycles. The molecule has 0 spiro atoms. The number of benzene rings is 1. The van der Waals surface area contributed by atoms with Gasteiger partial charge in [-0.25, -0.2) is 0 Å². The van der Waals surface area contributed by atoms with Gasteiger partial charge in [0.05, 0.1) is 5.57 Å². The van der Waals surface area contributed by atoms with Crippen LogP contribution in [0.15, 0.2) is 71.5 Å². The van der Waals surface area contributed by atoms with Gasteiger partial charge in [-0.3, -0.25) is 0 Å². The average Bonchev–Trinajstić information content (AvgIpc) is 2.67. The fourth-order valence-electron chi connectivity index (χ4n) is 3.15. The minimum absolute atomic E-state index is 0.407. The molecule has 0 saturated heterocycles. The maximum atomic E-state index is 13.6. The summed E-state index contributed by atoms with van der Waals surface area (Å²) in [4.78, 5) is 1.86. The van der Waals surface area contributed by atoms with E-state index in [-0.39, 0.29) is 0 Å². The first-order valence-corrected chi connectivity index (χ1v) is 9.92. The fourth-order valence-corrected chi connectivity index (χ4v) is 3.15. The van der Waals surface area contributed by atoms with E-state index in [1.807, 2.05) is 61.4 Å². The molecule has 0 amide bonds. The minimum atomic E-state index is -4.37. The molecule has 0 bridgehead atoms. The van der Waals surface area contributed by atoms with Crippen molar-refractivity contribution in [3.05, 3.63) is 77.1 Å². The number of likely N-dealkylation sites (N-methyl/N-ethyl adjacent to an activating group) is 1. The van der Waals surface area contributed by atoms with E-state index < -0.39 is 11.7 Å². The van der Waals surface area contributed by atoms with Crippen LogP contribution in [0.1, 0.15) is 57.9 Å². The van der Waals surface area contributed by atoms with E-state index in [0.717, 1.165) is 24.1 Å². The molecular weight excluding hydrogens is 359 g/mol. The number of nitrogens with zero attached hydrogens (tertiary/aromatic N) is 1. The van der Waals surface area contributed by atoms with Crippen molar-refractivity contribution >= 4 is 5.69 Å². The molecule has 0 N–H and O–H groups in total. The van der Waals surface area contributed by atoms with Gasteiger partial charge >= 0.3 is 6.18 Å². The summed E-state index contributed by atoms with van der Waals surface area (Å²) >= 11 is 0. The molecule has 0 radical (unpaired) electrons. The van der Waals surface area contributed by atoms with Gasteiger partial charge in [-0.2, -0.15) is 13.2 Å². The maximum Gasteiger partial charge on any atom is 0.416 e. The third kappa shape index (κ3) is 5.88. The number of anilines is 1. The van der Waals surface area contributed by atoms with Crippen molar-refractivity contribution in [1.82, 2.24) is 0 Å². The Morgan fingerprint density at radius 1 is 1.18 bits per heavy atom. The Morgan fingerprint density at radius 3 is 2.36 bits per heavy atom. The lowest BCUT2D eigenvalue weighted by molar-refractivity contribution is -0.0885. The van der Waals surface area contributed by atoms with Gasteiger partial charge in [-0.1, -0.05) is 63.6 Å². The van der Waals surface area contributed by atoms with Crippen molar-refractivity contribution in [3.8, 4) is 0 Å². The summed E-state index contributed by atoms with van der Waals surface area (Å²) in [5.74, 6) is 0.411. The van der Waals surface area contributed by atoms with E-state index in [9.17, 15) is 13.2 Å². The Kier molecular flexibility index (Phi) is 7.73. The topological polar surface area (TPSA) is 3.24 Å². The lowest BCUT2D eigenvalue weighted by atomic mass is 9.98. The molecule has 0 saturated carbocycles. The Balaban J connectivity index is 2.49. The number of hydrogen-bond donors (Lipinski definition) is 0. The molecule has 0 atom stereocenters. The molecule has 1 nitrogen and oxygen atoms in total. The summed E-state index contributed by atoms with van der Waals surface area (Å²) in [7, 11) is 1.84. The van der Waals surface area contributed by atoms with Crippen LogP contribution in [0.25, 0.3) is 0 Å². The molecule has 0 aromatic heterocycles. The van der Waals surface area contributed by atoms with Crippen LogP contribution in [-0.2, 0) is 0 Å². The summed E-state index contributed by atoms with van der Waals surface area (Å²) in [5.41, 5.74) is 3.03. The van der Waals surface area contributed by atoms with Crippen molar-refractivity contribution in [2.75, 3.05) is 11.9 Å². The molecule has 2 rings (SSSR count). The van der Waals surface area contributed by atoms with Gasteiger partial charge in [0.25, 0.3) is 0 Å². The first kappa shape index (κ1) is 22.1. The Bertz CT molecular complexity index is 762. The zero-order valence-corrected chi connectivity index (χ0v) is 17.2. The number of rotatable bonds is 7. The van der Waals surface area contributed by atoms with Crippen LogP contribution in [0, 0.1) is 0 Å². The Labute approximate surface area is 166 Å². The summed E-state index contributed by atoms with van der Waals surface area (Å²) in [6.45, 7) is 6.13. The quantitative estimate of drug-likeness (QED) is 0.432. The highest BCUT2D eigenvalue weighted by Crippen LogP contribution is 2.33. The second-order valence-corrected chi connectivity index (χ2v) is 7.44. The van der Waals surface area contributed by atoms with Gasteiger partial charge in [-0.05, 0) is 54.5 Å². The van der Waals surface area contributed by atoms with Crippen LogP contribution in [0.3, 0.4) is 0 Å². The summed E-state index contributed by atoms with van der Waals surface area (Å²) < 4.78 is 40.8. The molecular formula is C24H30F3N. The lowest BCUT2D eigenvalue weighted by Gasteiger charge is -2.27. The van der Waals surface area contributed by atoms with Gasteiger partial charge in [0.1, 0.15) is 0 Å². The van der Waals surface area contributed by atoms with Crippen LogP contribution in [0.4, 0.5) is 18.9 Å². The summed E-state index contributed by atoms with van der Waals surface area (Å²) in [6.07, 6.45) is 6.77. The van der Waals surface area contributed by atoms with E-state index in [0.29, 0.717) is 24.5 Å². The molecule has 0 fully saturated rings. The van der Waals surface area contributed by atoms with Gasteiger partial charge in [0, 0.05) is 18.4 Å². The van der Waals surface area contributed by atoms with E-state index in [1.165, 1.54) is 17.7 Å². The summed E-state index contributed by atoms with van der Waals surface area (Å²) in [5, 5.41) is 0. The molecule has 0 aliphatic heterocycles. The predicted octanol–water partition coefficient (Wildman–Crippen LogP) is 7.70. The van der Waals surface area contributed by atoms with E-state index >= 15 is 0 Å². The molecule has 4 heteroatoms. The second kappa shape index (κ2) is 9.81. The first-order chi connectivity index (χ1) is 13.2. The standard InChI is InChI=1S/C24H30F3N/c1-5-6-12-21(24(25,26)27)17-23(20-10-8-7-9-11-20)28(4)22-15-13-19(14-16-22)18(2)3/h7-8,10,12-18H,5-6,9,11H2,1-4H3/b21-12+,23-17-. The molecule has 1 aromatic carbocycles. The smallest absolute Gasteiger partial charge is 0.344 e. The molecule has 1 aromatic rings. The highest BCUT2D eigenvalue weighted by molar-refractivity contribution is 5.59. The van der Waals surface area contributed by atoms with Crippen molar-refractivity contribution < 1.29 is 13.2 Å². The fraction of sp³-hybridized carbons (Fsp3) is 0.417. The average molecular weight is 390 g/mol. The number of alkyl halides is 3. The van der Waals surface area contributed by atoms with Crippen molar-refractivity contribution in [2.24, 2.45) is 0 Å². The first-order valence-electron chi connectivity index (χ1n) is 9.92. The molecule has 152 valence electrons. The maximum absolute atomic E-state index is 13.6. The highest BCUT2D eigenvalue weighted by Gasteiger charge is 2.32. The van der Waals surface area contributed by atoms with Crippen LogP contribution in [-0.4, -0.2) is 13.2 Å². The predicted molar refractivity (Wildman–Crippen MR) is 113 cm³/mol. The molecule has 0 unspecified atom stereocenters. The van der Waals surface area contributed by atoms with Crippen LogP contribution >= 0.6 is 0 Å². The van der Waals surface area contributed by atoms with E-state index in [2.05, 4.69) is 13.8 Å². The third-order valence-corrected chi connectivity index (χ3v) is 4.92. The minimum Gasteiger partial charge on any atom is -0.344 e. The van der Waals surface area contributed by atoms with Crippen LogP contribution < -0.4 is 4.90 Å². The van der Waals surface area contributed by atoms with E-state index in [1.54, 1.807) is 0 Å². The normalized spacial score (nSPS) is 15.8. The monoisotopic (exact) mass is 389 g/mol. The van der Waals surface area contributed by atoms with E-state index in [4.69, 9.17) is 0 Å². The van der Waals surface area contributed by atoms with Gasteiger partial charge in [0.2, 0.25) is 0 Å². The Hall–Kier alpha value is -2.23. The van der Waals surface area contributed by atoms with Crippen LogP contribution in [0.2, 0.25) is 0 Å². The van der Waals surface area contributed by atoms with Gasteiger partial charge in [-0.15, -0.1) is 0 Å². The van der Waals surface area contributed by atoms with Gasteiger partial charge in [0.15, 0.2) is 0 Å². The van der Waals surface area contributed by atoms with Crippen LogP contribution in [0.5, 0.6) is 0 Å². The number of hydrogen-bond acceptors (Lipinski definition) is 1. The third-order valence-electron chi connectivity index (χ3n) is 4.92. The largest absolute Gasteiger partial charge is 0.416 e. The zero-order valence-electron chi connectivity index (χ0n) is 17.2. The molecule has 28 heavy (non-hydrogen) atoms. The molecule has 1 aliphatic rings. The summed E-state index contributed by atoms with van der Waals surface area (Å²) in [6, 6.07) is 8.04. The highest BCUT2D eigenvalue weighted by atomic mass is 19.4. The zero-order chi connectivity index (χ0) is 20.7. The number of allylic oxidation sites excluding steroid dienone is 7. The van der Waals surface area contributed by atoms with Crippen molar-refractivity contribution in [2.45, 2.75) is 58.5 Å². The van der Waals surface area contributed by atoms with Crippen molar-refractivity contribution in [1.29, 1.82) is 0 Å². The van der Waals surface area contributed by atoms with Crippen molar-refractivity contribution in [3.63, 3.8) is 0 Å². The Morgan fingerprint density at radius 2 is 1.86 bits per heavy atom. The second-order valence-electron chi connectivity index (χ2n) is 7.44. The van der Waals surface area contributed by atoms with Gasteiger partial charge < -0.3 is 4.90 Å². The molecule has 0 heterocycles. The number of unbranched alkanes of at least 4 members (excludes halogenated alkanes) is 1.